The molecule has 2 rings (SSSR count). The Hall–Kier alpha value is -1.61. The number of allylic oxidation sites excluding steroid dienone is 1. The van der Waals surface area contributed by atoms with Gasteiger partial charge in [0, 0.05) is 0 Å². The molecular formula is C13H16O3. The summed E-state index contributed by atoms with van der Waals surface area (Å²) in [5.74, 6) is -0.879. The van der Waals surface area contributed by atoms with Crippen molar-refractivity contribution in [1.82, 2.24) is 0 Å². The first-order valence-electron chi connectivity index (χ1n) is 5.33. The molecule has 1 atom stereocenters. The van der Waals surface area contributed by atoms with Gasteiger partial charge in [-0.15, -0.1) is 0 Å². The lowest BCUT2D eigenvalue weighted by molar-refractivity contribution is 0.0697. The number of rotatable bonds is 1. The van der Waals surface area contributed by atoms with E-state index in [9.17, 15) is 4.79 Å². The van der Waals surface area contributed by atoms with Crippen LogP contribution in [0.2, 0.25) is 0 Å². The van der Waals surface area contributed by atoms with Crippen molar-refractivity contribution in [2.75, 3.05) is 0 Å². The van der Waals surface area contributed by atoms with Gasteiger partial charge in [-0.2, -0.15) is 0 Å². The fourth-order valence-electron chi connectivity index (χ4n) is 1.38. The van der Waals surface area contributed by atoms with Crippen molar-refractivity contribution in [2.45, 2.75) is 25.4 Å². The van der Waals surface area contributed by atoms with Gasteiger partial charge < -0.3 is 10.2 Å². The third kappa shape index (κ3) is 4.75. The van der Waals surface area contributed by atoms with E-state index < -0.39 is 5.97 Å². The van der Waals surface area contributed by atoms with Crippen LogP contribution in [0, 0.1) is 0 Å². The number of carboxylic acid groups (broad SMARTS) is 1. The van der Waals surface area contributed by atoms with Crippen molar-refractivity contribution in [3.63, 3.8) is 0 Å². The predicted molar refractivity (Wildman–Crippen MR) is 62.4 cm³/mol. The third-order valence-electron chi connectivity index (χ3n) is 2.25. The van der Waals surface area contributed by atoms with Gasteiger partial charge in [0.15, 0.2) is 0 Å². The molecule has 0 radical (unpaired) electrons. The summed E-state index contributed by atoms with van der Waals surface area (Å²) in [7, 11) is 0. The van der Waals surface area contributed by atoms with Crippen LogP contribution in [0.5, 0.6) is 0 Å². The fourth-order valence-corrected chi connectivity index (χ4v) is 1.38. The number of aliphatic hydroxyl groups excluding tert-OH is 1. The third-order valence-corrected chi connectivity index (χ3v) is 2.25. The highest BCUT2D eigenvalue weighted by atomic mass is 16.4. The largest absolute Gasteiger partial charge is 0.478 e. The molecule has 16 heavy (non-hydrogen) atoms. The summed E-state index contributed by atoms with van der Waals surface area (Å²) in [6, 6.07) is 8.30. The molecule has 0 saturated carbocycles. The Bertz CT molecular complexity index is 343. The van der Waals surface area contributed by atoms with Gasteiger partial charge >= 0.3 is 5.97 Å². The van der Waals surface area contributed by atoms with Crippen LogP contribution in [-0.4, -0.2) is 22.3 Å². The normalized spacial score (nSPS) is 18.4. The fraction of sp³-hybridized carbons (Fsp3) is 0.308. The number of aromatic carboxylic acids is 1. The first-order valence-corrected chi connectivity index (χ1v) is 5.33. The summed E-state index contributed by atoms with van der Waals surface area (Å²) < 4.78 is 0. The van der Waals surface area contributed by atoms with Crippen LogP contribution in [0.25, 0.3) is 0 Å². The topological polar surface area (TPSA) is 57.5 Å². The Morgan fingerprint density at radius 3 is 2.25 bits per heavy atom. The zero-order valence-corrected chi connectivity index (χ0v) is 9.04. The van der Waals surface area contributed by atoms with Crippen molar-refractivity contribution in [2.24, 2.45) is 0 Å². The maximum atomic E-state index is 10.2. The predicted octanol–water partition coefficient (Wildman–Crippen LogP) is 2.47. The lowest BCUT2D eigenvalue weighted by Crippen LogP contribution is -2.04. The minimum Gasteiger partial charge on any atom is -0.478 e. The van der Waals surface area contributed by atoms with Crippen molar-refractivity contribution in [3.8, 4) is 0 Å². The Labute approximate surface area is 95.0 Å². The summed E-state index contributed by atoms with van der Waals surface area (Å²) in [6.07, 6.45) is 7.01. The van der Waals surface area contributed by atoms with E-state index in [1.807, 2.05) is 12.2 Å². The molecule has 1 aromatic rings. The maximum Gasteiger partial charge on any atom is 0.335 e. The van der Waals surface area contributed by atoms with Crippen molar-refractivity contribution < 1.29 is 15.0 Å². The van der Waals surface area contributed by atoms with Crippen LogP contribution in [0.4, 0.5) is 0 Å². The smallest absolute Gasteiger partial charge is 0.335 e. The lowest BCUT2D eigenvalue weighted by atomic mass is 10.1. The van der Waals surface area contributed by atoms with Crippen LogP contribution in [0.1, 0.15) is 29.6 Å². The number of carbonyl (C=O) groups is 1. The lowest BCUT2D eigenvalue weighted by Gasteiger charge is -2.07. The van der Waals surface area contributed by atoms with Gasteiger partial charge in [0.25, 0.3) is 0 Å². The number of hydrogen-bond acceptors (Lipinski definition) is 2. The van der Waals surface area contributed by atoms with Gasteiger partial charge in [-0.05, 0) is 31.4 Å². The van der Waals surface area contributed by atoms with Gasteiger partial charge in [0.1, 0.15) is 0 Å². The summed E-state index contributed by atoms with van der Waals surface area (Å²) in [6.45, 7) is 0. The molecule has 0 bridgehead atoms. The standard InChI is InChI=1S/C7H6O2.C6H10O/c8-7(9)6-4-2-1-3-5-6;7-6-4-2-1-3-5-6/h1-5H,(H,8,9);2,4,6-7H,1,3,5H2/t;6-/m.0/s1. The molecule has 0 amide bonds. The first kappa shape index (κ1) is 12.5. The average Bonchev–Trinajstić information content (AvgIpc) is 2.32. The van der Waals surface area contributed by atoms with Crippen LogP contribution in [0.3, 0.4) is 0 Å². The van der Waals surface area contributed by atoms with Gasteiger partial charge in [-0.25, -0.2) is 4.79 Å². The zero-order chi connectivity index (χ0) is 11.8. The molecule has 3 heteroatoms. The number of hydrogen-bond donors (Lipinski definition) is 2. The summed E-state index contributed by atoms with van der Waals surface area (Å²) in [5, 5.41) is 17.2. The van der Waals surface area contributed by atoms with Crippen molar-refractivity contribution in [1.29, 1.82) is 0 Å². The summed E-state index contributed by atoms with van der Waals surface area (Å²) in [5.41, 5.74) is 0.331. The van der Waals surface area contributed by atoms with Gasteiger partial charge in [0.05, 0.1) is 11.7 Å². The van der Waals surface area contributed by atoms with E-state index in [-0.39, 0.29) is 6.10 Å². The Balaban J connectivity index is 0.000000165. The van der Waals surface area contributed by atoms with Crippen LogP contribution in [0.15, 0.2) is 42.5 Å². The van der Waals surface area contributed by atoms with E-state index in [4.69, 9.17) is 10.2 Å². The van der Waals surface area contributed by atoms with E-state index in [1.165, 1.54) is 0 Å². The van der Waals surface area contributed by atoms with Gasteiger partial charge in [0.2, 0.25) is 0 Å². The second kappa shape index (κ2) is 6.80. The monoisotopic (exact) mass is 220 g/mol. The SMILES string of the molecule is O=C(O)c1ccccc1.O[C@H]1C=CCCC1. The molecule has 1 aliphatic rings. The minimum atomic E-state index is -0.879. The van der Waals surface area contributed by atoms with E-state index in [1.54, 1.807) is 30.3 Å². The van der Waals surface area contributed by atoms with E-state index in [0.29, 0.717) is 5.56 Å². The van der Waals surface area contributed by atoms with Crippen LogP contribution < -0.4 is 0 Å². The highest BCUT2D eigenvalue weighted by Gasteiger charge is 2.00. The Morgan fingerprint density at radius 2 is 1.94 bits per heavy atom. The minimum absolute atomic E-state index is 0.145. The molecule has 1 aromatic carbocycles. The van der Waals surface area contributed by atoms with E-state index in [0.717, 1.165) is 19.3 Å². The highest BCUT2D eigenvalue weighted by Crippen LogP contribution is 2.08. The maximum absolute atomic E-state index is 10.2. The second-order valence-electron chi connectivity index (χ2n) is 3.60. The summed E-state index contributed by atoms with van der Waals surface area (Å²) >= 11 is 0. The zero-order valence-electron chi connectivity index (χ0n) is 9.04. The highest BCUT2D eigenvalue weighted by molar-refractivity contribution is 5.87. The second-order valence-corrected chi connectivity index (χ2v) is 3.60. The van der Waals surface area contributed by atoms with Crippen molar-refractivity contribution >= 4 is 5.97 Å². The van der Waals surface area contributed by atoms with E-state index >= 15 is 0 Å². The summed E-state index contributed by atoms with van der Waals surface area (Å²) in [4.78, 5) is 10.2. The van der Waals surface area contributed by atoms with Gasteiger partial charge in [-0.1, -0.05) is 30.4 Å². The van der Waals surface area contributed by atoms with Crippen LogP contribution >= 0.6 is 0 Å². The number of benzene rings is 1. The van der Waals surface area contributed by atoms with Gasteiger partial charge in [-0.3, -0.25) is 0 Å². The van der Waals surface area contributed by atoms with Crippen LogP contribution in [-0.2, 0) is 0 Å². The van der Waals surface area contributed by atoms with Crippen molar-refractivity contribution in [3.05, 3.63) is 48.0 Å². The quantitative estimate of drug-likeness (QED) is 0.715. The molecule has 0 spiro atoms. The number of aliphatic hydroxyl groups is 1. The van der Waals surface area contributed by atoms with E-state index in [2.05, 4.69) is 0 Å². The number of carboxylic acids is 1. The molecule has 0 saturated heterocycles. The molecule has 1 aliphatic carbocycles. The average molecular weight is 220 g/mol. The molecule has 86 valence electrons. The molecule has 3 nitrogen and oxygen atoms in total. The molecule has 0 heterocycles. The molecule has 0 aliphatic heterocycles. The Kier molecular flexibility index (Phi) is 5.29. The molecular weight excluding hydrogens is 204 g/mol. The molecule has 2 N–H and O–H groups in total. The first-order chi connectivity index (χ1) is 7.70. The Morgan fingerprint density at radius 1 is 1.25 bits per heavy atom. The molecule has 0 fully saturated rings. The molecule has 0 unspecified atom stereocenters. The molecule has 0 aromatic heterocycles.